The van der Waals surface area contributed by atoms with E-state index in [1.54, 1.807) is 44.0 Å². The fourth-order valence-corrected chi connectivity index (χ4v) is 4.48. The number of amides is 2. The summed E-state index contributed by atoms with van der Waals surface area (Å²) in [6.07, 6.45) is 8.36. The van der Waals surface area contributed by atoms with E-state index in [9.17, 15) is 9.59 Å². The summed E-state index contributed by atoms with van der Waals surface area (Å²) in [4.78, 5) is 28.3. The molecule has 2 aliphatic rings. The van der Waals surface area contributed by atoms with E-state index in [1.165, 1.54) is 30.2 Å². The molecule has 1 unspecified atom stereocenters. The first-order valence-electron chi connectivity index (χ1n) is 9.64. The van der Waals surface area contributed by atoms with E-state index in [-0.39, 0.29) is 17.2 Å². The van der Waals surface area contributed by atoms with Crippen molar-refractivity contribution in [2.45, 2.75) is 25.8 Å². The quantitative estimate of drug-likeness (QED) is 0.748. The van der Waals surface area contributed by atoms with Crippen LogP contribution in [0, 0.1) is 11.3 Å². The first-order chi connectivity index (χ1) is 13.5. The summed E-state index contributed by atoms with van der Waals surface area (Å²) in [6.45, 7) is 5.93. The Labute approximate surface area is 164 Å². The molecule has 1 aromatic carbocycles. The minimum Gasteiger partial charge on any atom is -0.338 e. The van der Waals surface area contributed by atoms with Gasteiger partial charge in [0.15, 0.2) is 0 Å². The molecule has 1 spiro atoms. The fourth-order valence-electron chi connectivity index (χ4n) is 4.48. The molecular weight excluding hydrogens is 354 g/mol. The smallest absolute Gasteiger partial charge is 0.253 e. The molecule has 1 aliphatic carbocycles. The average molecular weight is 379 g/mol. The van der Waals surface area contributed by atoms with Crippen LogP contribution in [-0.4, -0.2) is 51.6 Å². The van der Waals surface area contributed by atoms with Crippen LogP contribution in [0.25, 0.3) is 0 Å². The zero-order chi connectivity index (χ0) is 19.7. The van der Waals surface area contributed by atoms with Crippen LogP contribution in [0.3, 0.4) is 0 Å². The molecular formula is C21H25N5O2. The normalized spacial score (nSPS) is 20.0. The van der Waals surface area contributed by atoms with Crippen LogP contribution < -0.4 is 4.90 Å². The predicted octanol–water partition coefficient (Wildman–Crippen LogP) is 2.37. The van der Waals surface area contributed by atoms with Gasteiger partial charge in [0.05, 0.1) is 0 Å². The van der Waals surface area contributed by atoms with Crippen molar-refractivity contribution in [3.05, 3.63) is 55.1 Å². The summed E-state index contributed by atoms with van der Waals surface area (Å²) in [5.41, 5.74) is 1.63. The molecule has 1 atom stereocenters. The van der Waals surface area contributed by atoms with Gasteiger partial charge in [-0.3, -0.25) is 9.59 Å². The molecule has 1 saturated heterocycles. The molecule has 0 bridgehead atoms. The Balaban J connectivity index is 1.47. The number of rotatable bonds is 5. The molecule has 7 heteroatoms. The Morgan fingerprint density at radius 2 is 1.93 bits per heavy atom. The second-order valence-electron chi connectivity index (χ2n) is 7.91. The highest BCUT2D eigenvalue weighted by Crippen LogP contribution is 2.52. The minimum absolute atomic E-state index is 0.0572. The van der Waals surface area contributed by atoms with Gasteiger partial charge in [-0.25, -0.2) is 0 Å². The SMILES string of the molecule is C=CC(=O)N(C)c1ccc(C(=O)N2CC(Cn3cnnc3)C3(CCC3)C2)cc1. The van der Waals surface area contributed by atoms with Crippen LogP contribution in [0.4, 0.5) is 5.69 Å². The second-order valence-corrected chi connectivity index (χ2v) is 7.91. The van der Waals surface area contributed by atoms with Crippen molar-refractivity contribution in [1.29, 1.82) is 0 Å². The molecule has 28 heavy (non-hydrogen) atoms. The van der Waals surface area contributed by atoms with Crippen molar-refractivity contribution in [3.8, 4) is 0 Å². The molecule has 0 radical (unpaired) electrons. The van der Waals surface area contributed by atoms with E-state index in [4.69, 9.17) is 0 Å². The molecule has 4 rings (SSSR count). The summed E-state index contributed by atoms with van der Waals surface area (Å²) >= 11 is 0. The van der Waals surface area contributed by atoms with Gasteiger partial charge < -0.3 is 14.4 Å². The standard InChI is InChI=1S/C21H25N5O2/c1-3-19(27)24(2)18-7-5-16(6-8-18)20(28)26-12-17(11-25-14-22-23-15-25)21(13-26)9-4-10-21/h3,5-8,14-15,17H,1,4,9-13H2,2H3. The maximum Gasteiger partial charge on any atom is 0.253 e. The molecule has 7 nitrogen and oxygen atoms in total. The summed E-state index contributed by atoms with van der Waals surface area (Å²) < 4.78 is 2.01. The third-order valence-electron chi connectivity index (χ3n) is 6.35. The van der Waals surface area contributed by atoms with Gasteiger partial charge in [0.2, 0.25) is 5.91 Å². The number of carbonyl (C=O) groups excluding carboxylic acids is 2. The molecule has 2 aromatic rings. The maximum absolute atomic E-state index is 13.1. The number of hydrogen-bond acceptors (Lipinski definition) is 4. The van der Waals surface area contributed by atoms with Crippen LogP contribution in [-0.2, 0) is 11.3 Å². The zero-order valence-electron chi connectivity index (χ0n) is 16.1. The summed E-state index contributed by atoms with van der Waals surface area (Å²) in [5.74, 6) is 0.306. The lowest BCUT2D eigenvalue weighted by molar-refractivity contribution is -0.113. The Morgan fingerprint density at radius 3 is 2.50 bits per heavy atom. The highest BCUT2D eigenvalue weighted by atomic mass is 16.2. The van der Waals surface area contributed by atoms with Crippen LogP contribution in [0.2, 0.25) is 0 Å². The number of aromatic nitrogens is 3. The lowest BCUT2D eigenvalue weighted by Crippen LogP contribution is -2.39. The fraction of sp³-hybridized carbons (Fsp3) is 0.429. The maximum atomic E-state index is 13.1. The lowest BCUT2D eigenvalue weighted by atomic mass is 9.63. The van der Waals surface area contributed by atoms with Gasteiger partial charge in [0.1, 0.15) is 12.7 Å². The Morgan fingerprint density at radius 1 is 1.25 bits per heavy atom. The second kappa shape index (κ2) is 7.22. The number of hydrogen-bond donors (Lipinski definition) is 0. The number of benzene rings is 1. The van der Waals surface area contributed by atoms with E-state index >= 15 is 0 Å². The van der Waals surface area contributed by atoms with E-state index in [2.05, 4.69) is 16.8 Å². The Kier molecular flexibility index (Phi) is 4.75. The summed E-state index contributed by atoms with van der Waals surface area (Å²) in [6, 6.07) is 7.20. The molecule has 1 aromatic heterocycles. The van der Waals surface area contributed by atoms with Crippen molar-refractivity contribution in [3.63, 3.8) is 0 Å². The van der Waals surface area contributed by atoms with Gasteiger partial charge in [-0.15, -0.1) is 10.2 Å². The number of likely N-dealkylation sites (N-methyl/N-ethyl adjacent to an activating group) is 1. The molecule has 146 valence electrons. The zero-order valence-corrected chi connectivity index (χ0v) is 16.1. The monoisotopic (exact) mass is 379 g/mol. The van der Waals surface area contributed by atoms with Crippen LogP contribution >= 0.6 is 0 Å². The van der Waals surface area contributed by atoms with E-state index in [0.717, 1.165) is 25.3 Å². The number of nitrogens with zero attached hydrogens (tertiary/aromatic N) is 5. The van der Waals surface area contributed by atoms with Crippen LogP contribution in [0.1, 0.15) is 29.6 Å². The number of anilines is 1. The third-order valence-corrected chi connectivity index (χ3v) is 6.35. The van der Waals surface area contributed by atoms with Gasteiger partial charge >= 0.3 is 0 Å². The van der Waals surface area contributed by atoms with Gasteiger partial charge in [-0.1, -0.05) is 13.0 Å². The molecule has 2 heterocycles. The molecule has 2 amide bonds. The third kappa shape index (κ3) is 3.21. The first-order valence-corrected chi connectivity index (χ1v) is 9.64. The largest absolute Gasteiger partial charge is 0.338 e. The molecule has 1 aliphatic heterocycles. The van der Waals surface area contributed by atoms with Crippen molar-refractivity contribution < 1.29 is 9.59 Å². The van der Waals surface area contributed by atoms with Crippen molar-refractivity contribution in [1.82, 2.24) is 19.7 Å². The molecule has 1 saturated carbocycles. The molecule has 2 fully saturated rings. The van der Waals surface area contributed by atoms with Gasteiger partial charge in [-0.2, -0.15) is 0 Å². The summed E-state index contributed by atoms with van der Waals surface area (Å²) in [5, 5.41) is 7.79. The number of carbonyl (C=O) groups is 2. The van der Waals surface area contributed by atoms with Crippen molar-refractivity contribution >= 4 is 17.5 Å². The van der Waals surface area contributed by atoms with Crippen LogP contribution in [0.15, 0.2) is 49.6 Å². The topological polar surface area (TPSA) is 71.3 Å². The first kappa shape index (κ1) is 18.4. The predicted molar refractivity (Wildman–Crippen MR) is 106 cm³/mol. The van der Waals surface area contributed by atoms with Crippen molar-refractivity contribution in [2.24, 2.45) is 11.3 Å². The van der Waals surface area contributed by atoms with E-state index in [0.29, 0.717) is 11.5 Å². The average Bonchev–Trinajstić information content (AvgIpc) is 3.34. The van der Waals surface area contributed by atoms with E-state index < -0.39 is 0 Å². The summed E-state index contributed by atoms with van der Waals surface area (Å²) in [7, 11) is 1.69. The molecule has 0 N–H and O–H groups in total. The Bertz CT molecular complexity index is 871. The van der Waals surface area contributed by atoms with E-state index in [1.807, 2.05) is 9.47 Å². The highest BCUT2D eigenvalue weighted by molar-refractivity contribution is 6.01. The Hall–Kier alpha value is -2.96. The highest BCUT2D eigenvalue weighted by Gasteiger charge is 2.51. The van der Waals surface area contributed by atoms with Crippen molar-refractivity contribution in [2.75, 3.05) is 25.0 Å². The van der Waals surface area contributed by atoms with Crippen LogP contribution in [0.5, 0.6) is 0 Å². The van der Waals surface area contributed by atoms with Gasteiger partial charge in [-0.05, 0) is 48.6 Å². The lowest BCUT2D eigenvalue weighted by Gasteiger charge is -2.42. The minimum atomic E-state index is -0.178. The number of likely N-dealkylation sites (tertiary alicyclic amines) is 1. The van der Waals surface area contributed by atoms with Gasteiger partial charge in [0, 0.05) is 43.9 Å². The van der Waals surface area contributed by atoms with Gasteiger partial charge in [0.25, 0.3) is 5.91 Å².